The predicted octanol–water partition coefficient (Wildman–Crippen LogP) is 3.75. The number of benzene rings is 2. The average molecular weight is 318 g/mol. The molecule has 114 valence electrons. The summed E-state index contributed by atoms with van der Waals surface area (Å²) in [6.45, 7) is 3.53. The molecule has 1 amide bonds. The number of ether oxygens (including phenoxy) is 1. The minimum Gasteiger partial charge on any atom is -0.452 e. The molecule has 2 aromatic carbocycles. The maximum Gasteiger partial charge on any atom is 0.338 e. The zero-order valence-electron chi connectivity index (χ0n) is 12.4. The van der Waals surface area contributed by atoms with Gasteiger partial charge in [-0.25, -0.2) is 4.79 Å². The quantitative estimate of drug-likeness (QED) is 0.874. The number of carbonyl (C=O) groups excluding carboxylic acids is 2. The number of carbonyl (C=O) groups is 2. The van der Waals surface area contributed by atoms with Crippen molar-refractivity contribution < 1.29 is 14.3 Å². The molecule has 0 saturated carbocycles. The molecule has 0 saturated heterocycles. The summed E-state index contributed by atoms with van der Waals surface area (Å²) in [5.74, 6) is -0.941. The van der Waals surface area contributed by atoms with Crippen molar-refractivity contribution in [3.8, 4) is 0 Å². The summed E-state index contributed by atoms with van der Waals surface area (Å²) in [4.78, 5) is 23.6. The Labute approximate surface area is 134 Å². The molecule has 5 heteroatoms. The number of esters is 1. The van der Waals surface area contributed by atoms with E-state index < -0.39 is 11.9 Å². The van der Waals surface area contributed by atoms with Crippen molar-refractivity contribution in [3.05, 3.63) is 64.2 Å². The number of anilines is 1. The lowest BCUT2D eigenvalue weighted by Gasteiger charge is -2.08. The normalized spacial score (nSPS) is 10.1. The summed E-state index contributed by atoms with van der Waals surface area (Å²) in [7, 11) is 0. The highest BCUT2D eigenvalue weighted by atomic mass is 35.5. The summed E-state index contributed by atoms with van der Waals surface area (Å²) >= 11 is 5.83. The molecule has 22 heavy (non-hydrogen) atoms. The van der Waals surface area contributed by atoms with E-state index in [1.54, 1.807) is 36.4 Å². The van der Waals surface area contributed by atoms with Gasteiger partial charge in [0.05, 0.1) is 5.56 Å². The van der Waals surface area contributed by atoms with Gasteiger partial charge in [-0.2, -0.15) is 0 Å². The van der Waals surface area contributed by atoms with Gasteiger partial charge in [-0.15, -0.1) is 0 Å². The first-order valence-electron chi connectivity index (χ1n) is 6.75. The van der Waals surface area contributed by atoms with Crippen molar-refractivity contribution >= 4 is 29.2 Å². The Bertz CT molecular complexity index is 713. The van der Waals surface area contributed by atoms with Gasteiger partial charge >= 0.3 is 5.97 Å². The van der Waals surface area contributed by atoms with E-state index in [4.69, 9.17) is 16.3 Å². The minimum atomic E-state index is -0.524. The number of aryl methyl sites for hydroxylation is 2. The van der Waals surface area contributed by atoms with Crippen LogP contribution in [-0.4, -0.2) is 18.5 Å². The van der Waals surface area contributed by atoms with Gasteiger partial charge < -0.3 is 10.1 Å². The van der Waals surface area contributed by atoms with Crippen LogP contribution in [0, 0.1) is 13.8 Å². The van der Waals surface area contributed by atoms with Crippen molar-refractivity contribution in [2.75, 3.05) is 11.9 Å². The summed E-state index contributed by atoms with van der Waals surface area (Å²) in [6, 6.07) is 12.0. The van der Waals surface area contributed by atoms with Crippen LogP contribution < -0.4 is 5.32 Å². The molecule has 0 spiro atoms. The highest BCUT2D eigenvalue weighted by Crippen LogP contribution is 2.15. The van der Waals surface area contributed by atoms with E-state index in [2.05, 4.69) is 5.32 Å². The molecule has 0 aliphatic heterocycles. The van der Waals surface area contributed by atoms with Gasteiger partial charge in [0.2, 0.25) is 0 Å². The first kappa shape index (κ1) is 16.0. The minimum absolute atomic E-state index is 0.349. The topological polar surface area (TPSA) is 55.4 Å². The van der Waals surface area contributed by atoms with Crippen LogP contribution >= 0.6 is 11.6 Å². The molecule has 0 aliphatic rings. The summed E-state index contributed by atoms with van der Waals surface area (Å²) < 4.78 is 5.00. The lowest BCUT2D eigenvalue weighted by molar-refractivity contribution is -0.119. The average Bonchev–Trinajstić information content (AvgIpc) is 2.47. The van der Waals surface area contributed by atoms with E-state index >= 15 is 0 Å². The molecule has 0 atom stereocenters. The number of halogens is 1. The van der Waals surface area contributed by atoms with Gasteiger partial charge in [0, 0.05) is 10.7 Å². The molecule has 1 N–H and O–H groups in total. The number of amides is 1. The number of hydrogen-bond acceptors (Lipinski definition) is 3. The molecule has 4 nitrogen and oxygen atoms in total. The fourth-order valence-electron chi connectivity index (χ4n) is 1.85. The molecule has 2 rings (SSSR count). The molecule has 2 aromatic rings. The summed E-state index contributed by atoms with van der Waals surface area (Å²) in [5.41, 5.74) is 3.08. The second-order valence-corrected chi connectivity index (χ2v) is 5.37. The van der Waals surface area contributed by atoms with Gasteiger partial charge in [-0.1, -0.05) is 23.7 Å². The van der Waals surface area contributed by atoms with Crippen molar-refractivity contribution in [1.82, 2.24) is 0 Å². The van der Waals surface area contributed by atoms with Crippen LogP contribution in [-0.2, 0) is 9.53 Å². The molecule has 0 aromatic heterocycles. The van der Waals surface area contributed by atoms with Gasteiger partial charge in [0.25, 0.3) is 5.91 Å². The molecular formula is C17H16ClNO3. The monoisotopic (exact) mass is 317 g/mol. The standard InChI is InChI=1S/C17H16ClNO3/c1-11-6-7-13(8-12(11)2)17(21)22-10-16(20)19-15-5-3-4-14(18)9-15/h3-9H,10H2,1-2H3,(H,19,20). The van der Waals surface area contributed by atoms with Gasteiger partial charge in [-0.05, 0) is 55.3 Å². The zero-order chi connectivity index (χ0) is 16.1. The van der Waals surface area contributed by atoms with Crippen molar-refractivity contribution in [3.63, 3.8) is 0 Å². The first-order chi connectivity index (χ1) is 10.5. The predicted molar refractivity (Wildman–Crippen MR) is 86.3 cm³/mol. The van der Waals surface area contributed by atoms with E-state index in [1.807, 2.05) is 19.9 Å². The Morgan fingerprint density at radius 3 is 2.55 bits per heavy atom. The maximum absolute atomic E-state index is 11.9. The molecular weight excluding hydrogens is 302 g/mol. The van der Waals surface area contributed by atoms with Gasteiger partial charge in [0.1, 0.15) is 0 Å². The lowest BCUT2D eigenvalue weighted by Crippen LogP contribution is -2.21. The number of nitrogens with one attached hydrogen (secondary N) is 1. The first-order valence-corrected chi connectivity index (χ1v) is 7.13. The molecule has 0 fully saturated rings. The van der Waals surface area contributed by atoms with Gasteiger partial charge in [0.15, 0.2) is 6.61 Å². The van der Waals surface area contributed by atoms with E-state index in [9.17, 15) is 9.59 Å². The summed E-state index contributed by atoms with van der Waals surface area (Å²) in [6.07, 6.45) is 0. The van der Waals surface area contributed by atoms with E-state index in [1.165, 1.54) is 0 Å². The van der Waals surface area contributed by atoms with Crippen molar-refractivity contribution in [2.45, 2.75) is 13.8 Å². The van der Waals surface area contributed by atoms with Crippen LogP contribution in [0.5, 0.6) is 0 Å². The van der Waals surface area contributed by atoms with Crippen molar-refractivity contribution in [2.24, 2.45) is 0 Å². The van der Waals surface area contributed by atoms with E-state index in [0.717, 1.165) is 11.1 Å². The van der Waals surface area contributed by atoms with Crippen LogP contribution in [0.2, 0.25) is 5.02 Å². The van der Waals surface area contributed by atoms with Crippen molar-refractivity contribution in [1.29, 1.82) is 0 Å². The van der Waals surface area contributed by atoms with Crippen LogP contribution in [0.4, 0.5) is 5.69 Å². The Morgan fingerprint density at radius 2 is 1.86 bits per heavy atom. The highest BCUT2D eigenvalue weighted by molar-refractivity contribution is 6.30. The number of rotatable bonds is 4. The molecule has 0 bridgehead atoms. The SMILES string of the molecule is Cc1ccc(C(=O)OCC(=O)Nc2cccc(Cl)c2)cc1C. The molecule has 0 radical (unpaired) electrons. The molecule has 0 heterocycles. The Balaban J connectivity index is 1.90. The largest absolute Gasteiger partial charge is 0.452 e. The maximum atomic E-state index is 11.9. The van der Waals surface area contributed by atoms with Gasteiger partial charge in [-0.3, -0.25) is 4.79 Å². The van der Waals surface area contributed by atoms with E-state index in [0.29, 0.717) is 16.3 Å². The van der Waals surface area contributed by atoms with Crippen LogP contribution in [0.15, 0.2) is 42.5 Å². The zero-order valence-corrected chi connectivity index (χ0v) is 13.1. The van der Waals surface area contributed by atoms with Crippen LogP contribution in [0.25, 0.3) is 0 Å². The third kappa shape index (κ3) is 4.33. The Hall–Kier alpha value is -2.33. The Kier molecular flexibility index (Phi) is 5.17. The highest BCUT2D eigenvalue weighted by Gasteiger charge is 2.11. The second-order valence-electron chi connectivity index (χ2n) is 4.93. The van der Waals surface area contributed by atoms with E-state index in [-0.39, 0.29) is 6.61 Å². The Morgan fingerprint density at radius 1 is 1.09 bits per heavy atom. The third-order valence-electron chi connectivity index (χ3n) is 3.19. The number of hydrogen-bond donors (Lipinski definition) is 1. The molecule has 0 aliphatic carbocycles. The second kappa shape index (κ2) is 7.09. The summed E-state index contributed by atoms with van der Waals surface area (Å²) in [5, 5.41) is 3.13. The fourth-order valence-corrected chi connectivity index (χ4v) is 2.04. The lowest BCUT2D eigenvalue weighted by atomic mass is 10.1. The van der Waals surface area contributed by atoms with Crippen LogP contribution in [0.1, 0.15) is 21.5 Å². The smallest absolute Gasteiger partial charge is 0.338 e. The van der Waals surface area contributed by atoms with Crippen LogP contribution in [0.3, 0.4) is 0 Å². The third-order valence-corrected chi connectivity index (χ3v) is 3.42. The molecule has 0 unspecified atom stereocenters. The fraction of sp³-hybridized carbons (Fsp3) is 0.176.